The van der Waals surface area contributed by atoms with Crippen LogP contribution < -0.4 is 6.15 Å². The zero-order chi connectivity index (χ0) is 14.4. The highest BCUT2D eigenvalue weighted by molar-refractivity contribution is 5.75. The lowest BCUT2D eigenvalue weighted by atomic mass is 10.2. The van der Waals surface area contributed by atoms with Crippen LogP contribution in [0.25, 0.3) is 0 Å². The maximum atomic E-state index is 13.0. The Morgan fingerprint density at radius 2 is 1.58 bits per heavy atom. The van der Waals surface area contributed by atoms with Crippen molar-refractivity contribution in [2.75, 3.05) is 6.54 Å². The normalized spacial score (nSPS) is 19.2. The first-order valence-corrected chi connectivity index (χ1v) is 6.11. The summed E-state index contributed by atoms with van der Waals surface area (Å²) in [6, 6.07) is -9.22. The number of halogens is 5. The van der Waals surface area contributed by atoms with Gasteiger partial charge < -0.3 is 6.15 Å². The van der Waals surface area contributed by atoms with E-state index in [0.29, 0.717) is 6.42 Å². The van der Waals surface area contributed by atoms with Crippen LogP contribution in [0.2, 0.25) is 0 Å². The van der Waals surface area contributed by atoms with E-state index in [1.54, 1.807) is 0 Å². The number of rotatable bonds is 5. The molecular formula is C11H22F5N3. The summed E-state index contributed by atoms with van der Waals surface area (Å²) in [7, 11) is 0. The maximum absolute atomic E-state index is 13.0. The summed E-state index contributed by atoms with van der Waals surface area (Å²) in [6.07, 6.45) is 0.730. The molecule has 3 N–H and O–H groups in total. The van der Waals surface area contributed by atoms with Gasteiger partial charge in [-0.2, -0.15) is 26.9 Å². The highest BCUT2D eigenvalue weighted by atomic mass is 19.3. The number of unbranched alkanes of at least 4 members (excludes halogenated alkanes) is 3. The molecule has 1 aliphatic rings. The summed E-state index contributed by atoms with van der Waals surface area (Å²) in [4.78, 5) is 1.79. The number of nitrogens with zero attached hydrogens (tertiary/aromatic N) is 2. The molecule has 116 valence electrons. The molecule has 1 rings (SSSR count). The van der Waals surface area contributed by atoms with E-state index in [-0.39, 0.29) is 17.5 Å². The average molecular weight is 291 g/mol. The average Bonchev–Trinajstić information content (AvgIpc) is 2.44. The van der Waals surface area contributed by atoms with Crippen molar-refractivity contribution >= 4 is 6.09 Å². The lowest BCUT2D eigenvalue weighted by Gasteiger charge is -2.26. The van der Waals surface area contributed by atoms with Crippen LogP contribution in [-0.4, -0.2) is 29.6 Å². The molecule has 0 bridgehead atoms. The molecule has 8 heteroatoms. The number of hydrogen-bond acceptors (Lipinski definition) is 3. The van der Waals surface area contributed by atoms with Crippen LogP contribution in [0.1, 0.15) is 46.5 Å². The first-order chi connectivity index (χ1) is 8.33. The molecule has 19 heavy (non-hydrogen) atoms. The Bertz CT molecular complexity index is 282. The standard InChI is InChI=1S/C9H13F5N2.C2H6.H3N/c1-2-3-4-5-6-16-7(10)15-8(11,12)9(16,13)14;1-2;/h2-6H2,1H3;1-2H3;1H3. The molecule has 0 radical (unpaired) electrons. The molecule has 0 amide bonds. The molecule has 0 aliphatic carbocycles. The molecule has 0 saturated carbocycles. The van der Waals surface area contributed by atoms with Gasteiger partial charge in [0.15, 0.2) is 0 Å². The van der Waals surface area contributed by atoms with E-state index in [0.717, 1.165) is 12.8 Å². The quantitative estimate of drug-likeness (QED) is 0.458. The van der Waals surface area contributed by atoms with Gasteiger partial charge in [0.05, 0.1) is 0 Å². The topological polar surface area (TPSA) is 50.6 Å². The molecular weight excluding hydrogens is 269 g/mol. The minimum Gasteiger partial charge on any atom is -0.344 e. The molecule has 0 saturated heterocycles. The second kappa shape index (κ2) is 8.29. The van der Waals surface area contributed by atoms with Crippen molar-refractivity contribution in [3.63, 3.8) is 0 Å². The van der Waals surface area contributed by atoms with Gasteiger partial charge in [-0.1, -0.05) is 40.0 Å². The molecule has 3 nitrogen and oxygen atoms in total. The second-order valence-electron chi connectivity index (χ2n) is 3.68. The number of alkyl halides is 4. The van der Waals surface area contributed by atoms with Crippen molar-refractivity contribution in [1.29, 1.82) is 0 Å². The Balaban J connectivity index is 0. The van der Waals surface area contributed by atoms with E-state index >= 15 is 0 Å². The number of amidine groups is 1. The molecule has 1 heterocycles. The summed E-state index contributed by atoms with van der Waals surface area (Å²) in [6.45, 7) is 5.47. The van der Waals surface area contributed by atoms with Crippen LogP contribution in [0.15, 0.2) is 4.99 Å². The van der Waals surface area contributed by atoms with E-state index in [1.165, 1.54) is 0 Å². The number of aliphatic imine (C=N–C) groups is 1. The summed E-state index contributed by atoms with van der Waals surface area (Å²) in [5, 5.41) is 0. The van der Waals surface area contributed by atoms with Crippen molar-refractivity contribution < 1.29 is 22.0 Å². The van der Waals surface area contributed by atoms with Crippen molar-refractivity contribution in [2.45, 2.75) is 58.5 Å². The van der Waals surface area contributed by atoms with Crippen LogP contribution in [0.5, 0.6) is 0 Å². The van der Waals surface area contributed by atoms with Gasteiger partial charge in [-0.15, -0.1) is 0 Å². The lowest BCUT2D eigenvalue weighted by Crippen LogP contribution is -2.49. The monoisotopic (exact) mass is 291 g/mol. The molecule has 0 aromatic rings. The van der Waals surface area contributed by atoms with E-state index in [1.807, 2.05) is 25.8 Å². The van der Waals surface area contributed by atoms with Gasteiger partial charge >= 0.3 is 12.1 Å². The van der Waals surface area contributed by atoms with Gasteiger partial charge in [0.1, 0.15) is 0 Å². The Morgan fingerprint density at radius 3 is 1.95 bits per heavy atom. The third kappa shape index (κ3) is 4.59. The predicted molar refractivity (Wildman–Crippen MR) is 65.7 cm³/mol. The highest BCUT2D eigenvalue weighted by Crippen LogP contribution is 2.43. The van der Waals surface area contributed by atoms with E-state index in [9.17, 15) is 22.0 Å². The molecule has 0 unspecified atom stereocenters. The Kier molecular flexibility index (Phi) is 8.90. The Morgan fingerprint density at radius 1 is 1.05 bits per heavy atom. The minimum absolute atomic E-state index is 0. The largest absolute Gasteiger partial charge is 0.429 e. The van der Waals surface area contributed by atoms with E-state index in [4.69, 9.17) is 0 Å². The fourth-order valence-corrected chi connectivity index (χ4v) is 1.45. The predicted octanol–water partition coefficient (Wildman–Crippen LogP) is 4.58. The van der Waals surface area contributed by atoms with Crippen molar-refractivity contribution in [3.05, 3.63) is 0 Å². The molecule has 1 aliphatic heterocycles. The summed E-state index contributed by atoms with van der Waals surface area (Å²) in [5.41, 5.74) is 0. The van der Waals surface area contributed by atoms with Gasteiger partial charge in [0, 0.05) is 6.54 Å². The summed E-state index contributed by atoms with van der Waals surface area (Å²) in [5.74, 6) is 0. The third-order valence-electron chi connectivity index (χ3n) is 2.39. The molecule has 0 aromatic heterocycles. The van der Waals surface area contributed by atoms with Crippen molar-refractivity contribution in [2.24, 2.45) is 4.99 Å². The zero-order valence-corrected chi connectivity index (χ0v) is 11.5. The Labute approximate surface area is 110 Å². The number of hydrogen-bond donors (Lipinski definition) is 1. The Hall–Kier alpha value is -0.920. The van der Waals surface area contributed by atoms with Gasteiger partial charge in [-0.3, -0.25) is 4.90 Å². The van der Waals surface area contributed by atoms with E-state index < -0.39 is 24.7 Å². The van der Waals surface area contributed by atoms with Crippen LogP contribution >= 0.6 is 0 Å². The molecule has 0 aromatic carbocycles. The summed E-state index contributed by atoms with van der Waals surface area (Å²) < 4.78 is 63.9. The second-order valence-corrected chi connectivity index (χ2v) is 3.68. The van der Waals surface area contributed by atoms with Crippen molar-refractivity contribution in [3.8, 4) is 0 Å². The smallest absolute Gasteiger partial charge is 0.344 e. The fraction of sp³-hybridized carbons (Fsp3) is 0.909. The first kappa shape index (κ1) is 20.4. The highest BCUT2D eigenvalue weighted by Gasteiger charge is 2.66. The van der Waals surface area contributed by atoms with Crippen LogP contribution in [0.4, 0.5) is 22.0 Å². The minimum atomic E-state index is -4.66. The third-order valence-corrected chi connectivity index (χ3v) is 2.39. The SMILES string of the molecule is CC.CCCCCCN1C(F)=NC(F)(F)C1(F)F.N. The first-order valence-electron chi connectivity index (χ1n) is 6.11. The van der Waals surface area contributed by atoms with Crippen LogP contribution in [0, 0.1) is 0 Å². The van der Waals surface area contributed by atoms with Gasteiger partial charge in [-0.25, -0.2) is 0 Å². The molecule has 0 spiro atoms. The van der Waals surface area contributed by atoms with Crippen LogP contribution in [-0.2, 0) is 0 Å². The summed E-state index contributed by atoms with van der Waals surface area (Å²) >= 11 is 0. The molecule has 0 fully saturated rings. The van der Waals surface area contributed by atoms with Gasteiger partial charge in [0.25, 0.3) is 6.09 Å². The van der Waals surface area contributed by atoms with E-state index in [2.05, 4.69) is 0 Å². The van der Waals surface area contributed by atoms with Gasteiger partial charge in [-0.05, 0) is 6.42 Å². The van der Waals surface area contributed by atoms with Gasteiger partial charge in [0.2, 0.25) is 0 Å². The zero-order valence-electron chi connectivity index (χ0n) is 11.5. The fourth-order valence-electron chi connectivity index (χ4n) is 1.45. The molecule has 0 atom stereocenters. The lowest BCUT2D eigenvalue weighted by molar-refractivity contribution is -0.248. The van der Waals surface area contributed by atoms with Crippen LogP contribution in [0.3, 0.4) is 0 Å². The van der Waals surface area contributed by atoms with Crippen molar-refractivity contribution in [1.82, 2.24) is 11.1 Å². The maximum Gasteiger partial charge on any atom is 0.429 e.